The molecule has 20 heavy (non-hydrogen) atoms. The van der Waals surface area contributed by atoms with Crippen molar-refractivity contribution in [3.8, 4) is 11.8 Å². The van der Waals surface area contributed by atoms with E-state index in [0.29, 0.717) is 6.61 Å². The van der Waals surface area contributed by atoms with E-state index in [1.165, 1.54) is 0 Å². The summed E-state index contributed by atoms with van der Waals surface area (Å²) in [6, 6.07) is 9.39. The minimum atomic E-state index is -3.36. The van der Waals surface area contributed by atoms with Crippen LogP contribution in [0.1, 0.15) is 18.4 Å². The van der Waals surface area contributed by atoms with E-state index in [-0.39, 0.29) is 18.9 Å². The summed E-state index contributed by atoms with van der Waals surface area (Å²) < 4.78 is 32.6. The van der Waals surface area contributed by atoms with Crippen LogP contribution in [0.4, 0.5) is 0 Å². The molecular weight excluding hydrogens is 278 g/mol. The van der Waals surface area contributed by atoms with E-state index in [9.17, 15) is 8.42 Å². The fourth-order valence-electron chi connectivity index (χ4n) is 2.21. The molecule has 1 aromatic rings. The first-order valence-corrected chi connectivity index (χ1v) is 8.15. The van der Waals surface area contributed by atoms with Crippen LogP contribution < -0.4 is 4.74 Å². The summed E-state index contributed by atoms with van der Waals surface area (Å²) >= 11 is 0. The predicted molar refractivity (Wildman–Crippen MR) is 74.0 cm³/mol. The lowest BCUT2D eigenvalue weighted by Crippen LogP contribution is -2.52. The van der Waals surface area contributed by atoms with Crippen molar-refractivity contribution in [1.82, 2.24) is 0 Å². The SMILES string of the molecule is COc1ccc(COC2CC(C#N)(S(C)(=O)=O)C2)cc1. The molecule has 0 unspecified atom stereocenters. The Morgan fingerprint density at radius 2 is 1.95 bits per heavy atom. The lowest BCUT2D eigenvalue weighted by Gasteiger charge is -2.40. The second-order valence-corrected chi connectivity index (χ2v) is 7.39. The average Bonchev–Trinajstić information content (AvgIpc) is 2.36. The van der Waals surface area contributed by atoms with Gasteiger partial charge in [0.05, 0.1) is 25.9 Å². The van der Waals surface area contributed by atoms with Gasteiger partial charge >= 0.3 is 0 Å². The van der Waals surface area contributed by atoms with Gasteiger partial charge in [-0.05, 0) is 17.7 Å². The molecule has 1 saturated carbocycles. The second kappa shape index (κ2) is 5.43. The Balaban J connectivity index is 1.87. The van der Waals surface area contributed by atoms with Crippen molar-refractivity contribution in [2.45, 2.75) is 30.3 Å². The molecule has 108 valence electrons. The topological polar surface area (TPSA) is 76.4 Å². The fourth-order valence-corrected chi connectivity index (χ4v) is 3.35. The summed E-state index contributed by atoms with van der Waals surface area (Å²) in [4.78, 5) is 0. The lowest BCUT2D eigenvalue weighted by atomic mass is 9.82. The highest BCUT2D eigenvalue weighted by Crippen LogP contribution is 2.40. The quantitative estimate of drug-likeness (QED) is 0.826. The maximum atomic E-state index is 11.6. The van der Waals surface area contributed by atoms with Gasteiger partial charge in [-0.25, -0.2) is 8.42 Å². The van der Waals surface area contributed by atoms with Gasteiger partial charge in [0.1, 0.15) is 5.75 Å². The highest BCUT2D eigenvalue weighted by Gasteiger charge is 2.53. The Morgan fingerprint density at radius 1 is 1.35 bits per heavy atom. The van der Waals surface area contributed by atoms with E-state index in [0.717, 1.165) is 17.6 Å². The molecule has 1 aliphatic carbocycles. The van der Waals surface area contributed by atoms with Crippen LogP contribution in [-0.4, -0.2) is 32.6 Å². The number of ether oxygens (including phenoxy) is 2. The van der Waals surface area contributed by atoms with Gasteiger partial charge in [-0.1, -0.05) is 12.1 Å². The van der Waals surface area contributed by atoms with Gasteiger partial charge in [-0.2, -0.15) is 5.26 Å². The Kier molecular flexibility index (Phi) is 4.02. The predicted octanol–water partition coefficient (Wildman–Crippen LogP) is 1.68. The van der Waals surface area contributed by atoms with E-state index in [2.05, 4.69) is 0 Å². The monoisotopic (exact) mass is 295 g/mol. The van der Waals surface area contributed by atoms with E-state index in [4.69, 9.17) is 14.7 Å². The molecule has 5 nitrogen and oxygen atoms in total. The van der Waals surface area contributed by atoms with Gasteiger partial charge in [0.2, 0.25) is 0 Å². The number of sulfone groups is 1. The third-order valence-electron chi connectivity index (χ3n) is 3.67. The minimum Gasteiger partial charge on any atom is -0.497 e. The van der Waals surface area contributed by atoms with Crippen molar-refractivity contribution in [3.05, 3.63) is 29.8 Å². The van der Waals surface area contributed by atoms with Crippen molar-refractivity contribution in [1.29, 1.82) is 5.26 Å². The van der Waals surface area contributed by atoms with Crippen molar-refractivity contribution < 1.29 is 17.9 Å². The summed E-state index contributed by atoms with van der Waals surface area (Å²) in [6.45, 7) is 0.403. The number of nitriles is 1. The zero-order valence-corrected chi connectivity index (χ0v) is 12.3. The van der Waals surface area contributed by atoms with Gasteiger partial charge in [0.15, 0.2) is 14.6 Å². The maximum Gasteiger partial charge on any atom is 0.166 e. The second-order valence-electron chi connectivity index (χ2n) is 5.07. The number of hydrogen-bond acceptors (Lipinski definition) is 5. The average molecular weight is 295 g/mol. The van der Waals surface area contributed by atoms with Crippen LogP contribution in [-0.2, 0) is 21.2 Å². The molecule has 1 aromatic carbocycles. The normalized spacial score (nSPS) is 25.6. The molecule has 0 atom stereocenters. The third-order valence-corrected chi connectivity index (χ3v) is 5.52. The van der Waals surface area contributed by atoms with E-state index < -0.39 is 14.6 Å². The molecule has 6 heteroatoms. The van der Waals surface area contributed by atoms with Crippen molar-refractivity contribution in [3.63, 3.8) is 0 Å². The molecule has 1 aliphatic rings. The van der Waals surface area contributed by atoms with Crippen molar-refractivity contribution in [2.24, 2.45) is 0 Å². The number of nitrogens with zero attached hydrogens (tertiary/aromatic N) is 1. The molecule has 0 amide bonds. The van der Waals surface area contributed by atoms with Crippen molar-refractivity contribution >= 4 is 9.84 Å². The maximum absolute atomic E-state index is 11.6. The largest absolute Gasteiger partial charge is 0.497 e. The minimum absolute atomic E-state index is 0.175. The summed E-state index contributed by atoms with van der Waals surface area (Å²) in [5, 5.41) is 9.03. The zero-order chi connectivity index (χ0) is 14.8. The molecule has 0 aromatic heterocycles. The molecule has 0 bridgehead atoms. The van der Waals surface area contributed by atoms with E-state index in [1.54, 1.807) is 7.11 Å². The molecule has 0 aliphatic heterocycles. The zero-order valence-electron chi connectivity index (χ0n) is 11.5. The Hall–Kier alpha value is -1.58. The first kappa shape index (κ1) is 14.8. The lowest BCUT2D eigenvalue weighted by molar-refractivity contribution is -0.0191. The molecule has 0 radical (unpaired) electrons. The Labute approximate surface area is 119 Å². The van der Waals surface area contributed by atoms with Crippen LogP contribution in [0.2, 0.25) is 0 Å². The molecule has 0 spiro atoms. The Bertz CT molecular complexity index is 610. The summed E-state index contributed by atoms with van der Waals surface area (Å²) in [6.07, 6.45) is 1.43. The molecule has 0 heterocycles. The number of hydrogen-bond donors (Lipinski definition) is 0. The molecule has 0 saturated heterocycles. The number of methoxy groups -OCH3 is 1. The highest BCUT2D eigenvalue weighted by atomic mass is 32.2. The Morgan fingerprint density at radius 3 is 2.40 bits per heavy atom. The summed E-state index contributed by atoms with van der Waals surface area (Å²) in [5.74, 6) is 0.776. The fraction of sp³-hybridized carbons (Fsp3) is 0.500. The third kappa shape index (κ3) is 2.79. The van der Waals surface area contributed by atoms with Gasteiger partial charge in [-0.15, -0.1) is 0 Å². The van der Waals surface area contributed by atoms with Crippen LogP contribution in [0, 0.1) is 11.3 Å². The van der Waals surface area contributed by atoms with Crippen LogP contribution in [0.3, 0.4) is 0 Å². The van der Waals surface area contributed by atoms with E-state index in [1.807, 2.05) is 30.3 Å². The van der Waals surface area contributed by atoms with Gasteiger partial charge in [-0.3, -0.25) is 0 Å². The van der Waals surface area contributed by atoms with Gasteiger partial charge in [0.25, 0.3) is 0 Å². The molecule has 1 fully saturated rings. The summed E-state index contributed by atoms with van der Waals surface area (Å²) in [5.41, 5.74) is 0.986. The van der Waals surface area contributed by atoms with Crippen LogP contribution in [0.15, 0.2) is 24.3 Å². The van der Waals surface area contributed by atoms with Crippen LogP contribution in [0.25, 0.3) is 0 Å². The van der Waals surface area contributed by atoms with E-state index >= 15 is 0 Å². The molecular formula is C14H17NO4S. The number of rotatable bonds is 5. The van der Waals surface area contributed by atoms with Gasteiger partial charge in [0, 0.05) is 19.1 Å². The van der Waals surface area contributed by atoms with Crippen molar-refractivity contribution in [2.75, 3.05) is 13.4 Å². The first-order chi connectivity index (χ1) is 9.40. The molecule has 2 rings (SSSR count). The van der Waals surface area contributed by atoms with Gasteiger partial charge < -0.3 is 9.47 Å². The van der Waals surface area contributed by atoms with Crippen LogP contribution in [0.5, 0.6) is 5.75 Å². The van der Waals surface area contributed by atoms with Crippen LogP contribution >= 0.6 is 0 Å². The smallest absolute Gasteiger partial charge is 0.166 e. The molecule has 0 N–H and O–H groups in total. The standard InChI is InChI=1S/C14H17NO4S/c1-18-12-5-3-11(4-6-12)9-19-13-7-14(8-13,10-15)20(2,16)17/h3-6,13H,7-9H2,1-2H3. The summed E-state index contributed by atoms with van der Waals surface area (Å²) in [7, 11) is -1.76. The number of benzene rings is 1. The first-order valence-electron chi connectivity index (χ1n) is 6.25. The highest BCUT2D eigenvalue weighted by molar-refractivity contribution is 7.92.